The third kappa shape index (κ3) is 3.72. The number of rotatable bonds is 5. The van der Waals surface area contributed by atoms with Crippen molar-refractivity contribution in [2.45, 2.75) is 19.3 Å². The Bertz CT molecular complexity index is 1130. The van der Waals surface area contributed by atoms with Gasteiger partial charge in [-0.15, -0.1) is 0 Å². The van der Waals surface area contributed by atoms with Crippen molar-refractivity contribution in [2.75, 3.05) is 20.8 Å². The molecule has 4 rings (SSSR count). The molecule has 7 nitrogen and oxygen atoms in total. The van der Waals surface area contributed by atoms with Crippen LogP contribution in [-0.4, -0.2) is 45.1 Å². The summed E-state index contributed by atoms with van der Waals surface area (Å²) in [4.78, 5) is 2.09. The first-order valence-corrected chi connectivity index (χ1v) is 10.3. The van der Waals surface area contributed by atoms with Crippen LogP contribution in [0.25, 0.3) is 11.4 Å². The van der Waals surface area contributed by atoms with Crippen LogP contribution in [0.3, 0.4) is 0 Å². The van der Waals surface area contributed by atoms with Crippen LogP contribution in [0.1, 0.15) is 17.2 Å². The molecule has 0 bridgehead atoms. The van der Waals surface area contributed by atoms with E-state index in [2.05, 4.69) is 4.90 Å². The Morgan fingerprint density at radius 3 is 2.47 bits per heavy atom. The summed E-state index contributed by atoms with van der Waals surface area (Å²) in [6, 6.07) is 11.2. The maximum Gasteiger partial charge on any atom is 0.199 e. The number of methoxy groups -OCH3 is 2. The van der Waals surface area contributed by atoms with Gasteiger partial charge in [0.15, 0.2) is 10.6 Å². The van der Waals surface area contributed by atoms with Crippen LogP contribution >= 0.6 is 23.8 Å². The van der Waals surface area contributed by atoms with Crippen LogP contribution in [0.2, 0.25) is 5.02 Å². The molecule has 1 N–H and O–H groups in total. The highest BCUT2D eigenvalue weighted by molar-refractivity contribution is 7.71. The Kier molecular flexibility index (Phi) is 5.84. The predicted octanol–water partition coefficient (Wildman–Crippen LogP) is 3.80. The zero-order chi connectivity index (χ0) is 21.4. The first kappa shape index (κ1) is 20.9. The number of aliphatic hydroxyl groups is 1. The van der Waals surface area contributed by atoms with E-state index in [0.29, 0.717) is 35.3 Å². The van der Waals surface area contributed by atoms with E-state index in [0.717, 1.165) is 28.3 Å². The molecule has 9 heteroatoms. The summed E-state index contributed by atoms with van der Waals surface area (Å²) >= 11 is 11.6. The third-order valence-corrected chi connectivity index (χ3v) is 6.07. The number of aromatic nitrogens is 3. The Balaban J connectivity index is 1.64. The van der Waals surface area contributed by atoms with Crippen molar-refractivity contribution in [3.8, 4) is 22.9 Å². The van der Waals surface area contributed by atoms with E-state index < -0.39 is 6.10 Å². The van der Waals surface area contributed by atoms with Crippen molar-refractivity contribution in [1.82, 2.24) is 19.2 Å². The maximum absolute atomic E-state index is 10.8. The number of benzene rings is 2. The molecule has 0 saturated carbocycles. The molecule has 2 heterocycles. The van der Waals surface area contributed by atoms with Crippen LogP contribution in [0.15, 0.2) is 36.4 Å². The number of fused-ring (bicyclic) bond motifs is 1. The Labute approximate surface area is 185 Å². The summed E-state index contributed by atoms with van der Waals surface area (Å²) in [5, 5.41) is 16.2. The zero-order valence-electron chi connectivity index (χ0n) is 17.0. The van der Waals surface area contributed by atoms with Gasteiger partial charge in [-0.25, -0.2) is 4.68 Å². The molecular formula is C21H23ClN4O3S. The molecule has 1 aliphatic heterocycles. The van der Waals surface area contributed by atoms with Crippen LogP contribution < -0.4 is 9.47 Å². The van der Waals surface area contributed by atoms with Gasteiger partial charge in [0.05, 0.1) is 27.0 Å². The summed E-state index contributed by atoms with van der Waals surface area (Å²) in [6.07, 6.45) is -0.701. The molecule has 0 fully saturated rings. The fourth-order valence-corrected chi connectivity index (χ4v) is 4.18. The van der Waals surface area contributed by atoms with E-state index >= 15 is 0 Å². The first-order chi connectivity index (χ1) is 14.4. The average molecular weight is 447 g/mol. The quantitative estimate of drug-likeness (QED) is 0.601. The van der Waals surface area contributed by atoms with E-state index in [1.807, 2.05) is 48.0 Å². The zero-order valence-corrected chi connectivity index (χ0v) is 18.6. The second-order valence-electron chi connectivity index (χ2n) is 7.20. The lowest BCUT2D eigenvalue weighted by Gasteiger charge is -2.33. The molecule has 1 atom stereocenters. The van der Waals surface area contributed by atoms with E-state index in [1.54, 1.807) is 18.9 Å². The number of hydrogen-bond donors (Lipinski definition) is 1. The molecule has 158 valence electrons. The SMILES string of the molecule is COc1ccc(OC)c2c1CN(Cn1nc(-c3ccc(Cl)cc3)n(C)c1=S)CC2O. The van der Waals surface area contributed by atoms with Gasteiger partial charge < -0.3 is 19.1 Å². The smallest absolute Gasteiger partial charge is 0.199 e. The molecule has 0 spiro atoms. The molecule has 2 aromatic carbocycles. The third-order valence-electron chi connectivity index (χ3n) is 5.34. The summed E-state index contributed by atoms with van der Waals surface area (Å²) in [6.45, 7) is 1.46. The average Bonchev–Trinajstić information content (AvgIpc) is 3.02. The minimum absolute atomic E-state index is 0.436. The highest BCUT2D eigenvalue weighted by atomic mass is 35.5. The molecular weight excluding hydrogens is 424 g/mol. The number of ether oxygens (including phenoxy) is 2. The molecule has 1 unspecified atom stereocenters. The van der Waals surface area contributed by atoms with Gasteiger partial charge >= 0.3 is 0 Å². The van der Waals surface area contributed by atoms with E-state index in [4.69, 9.17) is 38.4 Å². The fraction of sp³-hybridized carbons (Fsp3) is 0.333. The van der Waals surface area contributed by atoms with Gasteiger partial charge in [0.1, 0.15) is 11.5 Å². The number of β-amino-alcohol motifs (C(OH)–C–C–N with tert-alkyl or cyclic N) is 1. The summed E-state index contributed by atoms with van der Waals surface area (Å²) in [5.41, 5.74) is 2.62. The minimum Gasteiger partial charge on any atom is -0.496 e. The Hall–Kier alpha value is -2.39. The molecule has 0 amide bonds. The lowest BCUT2D eigenvalue weighted by Crippen LogP contribution is -2.36. The van der Waals surface area contributed by atoms with Gasteiger partial charge in [-0.05, 0) is 48.6 Å². The van der Waals surface area contributed by atoms with Crippen molar-refractivity contribution in [3.05, 3.63) is 57.3 Å². The summed E-state index contributed by atoms with van der Waals surface area (Å²) < 4.78 is 15.2. The van der Waals surface area contributed by atoms with E-state index in [1.165, 1.54) is 0 Å². The molecule has 30 heavy (non-hydrogen) atoms. The van der Waals surface area contributed by atoms with Gasteiger partial charge in [0, 0.05) is 41.9 Å². The van der Waals surface area contributed by atoms with Crippen molar-refractivity contribution in [1.29, 1.82) is 0 Å². The summed E-state index contributed by atoms with van der Waals surface area (Å²) in [5.74, 6) is 2.15. The monoisotopic (exact) mass is 446 g/mol. The van der Waals surface area contributed by atoms with Crippen molar-refractivity contribution >= 4 is 23.8 Å². The molecule has 1 aromatic heterocycles. The minimum atomic E-state index is -0.701. The molecule has 0 radical (unpaired) electrons. The van der Waals surface area contributed by atoms with Crippen LogP contribution in [0, 0.1) is 4.77 Å². The van der Waals surface area contributed by atoms with Gasteiger partial charge in [0.25, 0.3) is 0 Å². The fourth-order valence-electron chi connectivity index (χ4n) is 3.87. The predicted molar refractivity (Wildman–Crippen MR) is 117 cm³/mol. The van der Waals surface area contributed by atoms with Gasteiger partial charge in [-0.3, -0.25) is 4.90 Å². The number of nitrogens with zero attached hydrogens (tertiary/aromatic N) is 4. The van der Waals surface area contributed by atoms with Gasteiger partial charge in [0.2, 0.25) is 0 Å². The molecule has 3 aromatic rings. The lowest BCUT2D eigenvalue weighted by atomic mass is 9.95. The molecule has 0 aliphatic carbocycles. The second-order valence-corrected chi connectivity index (χ2v) is 8.00. The van der Waals surface area contributed by atoms with Crippen molar-refractivity contribution in [2.24, 2.45) is 7.05 Å². The highest BCUT2D eigenvalue weighted by Crippen LogP contribution is 2.39. The number of halogens is 1. The standard InChI is InChI=1S/C21H23ClN4O3S/c1-24-20(13-4-6-14(22)7-5-13)23-26(21(24)30)12-25-10-15-17(28-2)8-9-18(29-3)19(15)16(27)11-25/h4-9,16,27H,10-12H2,1-3H3. The highest BCUT2D eigenvalue weighted by Gasteiger charge is 2.30. The number of aliphatic hydroxyl groups excluding tert-OH is 1. The largest absolute Gasteiger partial charge is 0.496 e. The van der Waals surface area contributed by atoms with Crippen LogP contribution in [0.5, 0.6) is 11.5 Å². The Morgan fingerprint density at radius 1 is 1.13 bits per heavy atom. The van der Waals surface area contributed by atoms with Crippen molar-refractivity contribution in [3.63, 3.8) is 0 Å². The Morgan fingerprint density at radius 2 is 1.80 bits per heavy atom. The topological polar surface area (TPSA) is 64.7 Å². The first-order valence-electron chi connectivity index (χ1n) is 9.47. The van der Waals surface area contributed by atoms with Crippen molar-refractivity contribution < 1.29 is 14.6 Å². The van der Waals surface area contributed by atoms with E-state index in [-0.39, 0.29) is 0 Å². The lowest BCUT2D eigenvalue weighted by molar-refractivity contribution is 0.0670. The van der Waals surface area contributed by atoms with E-state index in [9.17, 15) is 5.11 Å². The van der Waals surface area contributed by atoms with Crippen LogP contribution in [-0.2, 0) is 20.3 Å². The summed E-state index contributed by atoms with van der Waals surface area (Å²) in [7, 11) is 5.12. The van der Waals surface area contributed by atoms with Gasteiger partial charge in [-0.1, -0.05) is 11.6 Å². The normalized spacial score (nSPS) is 16.4. The van der Waals surface area contributed by atoms with Crippen LogP contribution in [0.4, 0.5) is 0 Å². The number of hydrogen-bond acceptors (Lipinski definition) is 6. The molecule has 0 saturated heterocycles. The molecule has 1 aliphatic rings. The maximum atomic E-state index is 10.8. The van der Waals surface area contributed by atoms with Gasteiger partial charge in [-0.2, -0.15) is 5.10 Å². The second kappa shape index (κ2) is 8.39.